The minimum absolute atomic E-state index is 0.619. The Bertz CT molecular complexity index is 423. The second-order valence-corrected chi connectivity index (χ2v) is 5.35. The molecule has 1 heterocycles. The van der Waals surface area contributed by atoms with Crippen molar-refractivity contribution < 1.29 is 0 Å². The number of aromatic nitrogens is 2. The first-order valence-electron chi connectivity index (χ1n) is 7.24. The molecule has 2 atom stereocenters. The smallest absolute Gasteiger partial charge is 0.191 e. The van der Waals surface area contributed by atoms with Crippen LogP contribution >= 0.6 is 0 Å². The first-order chi connectivity index (χ1) is 9.20. The van der Waals surface area contributed by atoms with Crippen LogP contribution in [0.4, 0.5) is 0 Å². The van der Waals surface area contributed by atoms with E-state index in [0.29, 0.717) is 6.04 Å². The minimum Gasteiger partial charge on any atom is -0.357 e. The molecule has 5 nitrogen and oxygen atoms in total. The molecule has 0 spiro atoms. The first kappa shape index (κ1) is 13.9. The molecule has 5 heteroatoms. The summed E-state index contributed by atoms with van der Waals surface area (Å²) in [6.45, 7) is 8.19. The number of nitrogens with one attached hydrogen (secondary N) is 3. The van der Waals surface area contributed by atoms with E-state index in [2.05, 4.69) is 46.6 Å². The summed E-state index contributed by atoms with van der Waals surface area (Å²) in [7, 11) is 0. The minimum atomic E-state index is 0.619. The van der Waals surface area contributed by atoms with Gasteiger partial charge in [0.1, 0.15) is 0 Å². The zero-order valence-corrected chi connectivity index (χ0v) is 12.2. The predicted octanol–water partition coefficient (Wildman–Crippen LogP) is 1.61. The van der Waals surface area contributed by atoms with Gasteiger partial charge in [-0.2, -0.15) is 5.10 Å². The maximum absolute atomic E-state index is 4.62. The Labute approximate surface area is 115 Å². The van der Waals surface area contributed by atoms with E-state index in [0.717, 1.165) is 37.8 Å². The topological polar surface area (TPSA) is 65.1 Å². The lowest BCUT2D eigenvalue weighted by atomic mass is 10.1. The van der Waals surface area contributed by atoms with Crippen LogP contribution in [-0.2, 0) is 6.42 Å². The highest BCUT2D eigenvalue weighted by Gasteiger charge is 2.33. The van der Waals surface area contributed by atoms with Crippen molar-refractivity contribution in [2.75, 3.05) is 13.1 Å². The zero-order chi connectivity index (χ0) is 13.7. The van der Waals surface area contributed by atoms with Gasteiger partial charge < -0.3 is 10.6 Å². The van der Waals surface area contributed by atoms with Crippen LogP contribution in [0, 0.1) is 12.8 Å². The van der Waals surface area contributed by atoms with Gasteiger partial charge >= 0.3 is 0 Å². The molecule has 1 aliphatic rings. The Balaban J connectivity index is 1.73. The number of rotatable bonds is 6. The highest BCUT2D eigenvalue weighted by Crippen LogP contribution is 2.28. The van der Waals surface area contributed by atoms with Gasteiger partial charge in [-0.1, -0.05) is 6.92 Å². The lowest BCUT2D eigenvalue weighted by Crippen LogP contribution is -2.39. The Hall–Kier alpha value is -1.52. The van der Waals surface area contributed by atoms with E-state index in [4.69, 9.17) is 0 Å². The molecule has 0 bridgehead atoms. The molecule has 1 aromatic heterocycles. The lowest BCUT2D eigenvalue weighted by molar-refractivity contribution is 0.753. The van der Waals surface area contributed by atoms with Crippen molar-refractivity contribution in [2.24, 2.45) is 10.9 Å². The van der Waals surface area contributed by atoms with Crippen LogP contribution in [0.5, 0.6) is 0 Å². The van der Waals surface area contributed by atoms with Crippen LogP contribution in [0.25, 0.3) is 0 Å². The molecule has 106 valence electrons. The van der Waals surface area contributed by atoms with E-state index < -0.39 is 0 Å². The second kappa shape index (κ2) is 6.59. The van der Waals surface area contributed by atoms with Crippen LogP contribution < -0.4 is 10.6 Å². The van der Waals surface area contributed by atoms with Crippen molar-refractivity contribution in [1.82, 2.24) is 20.8 Å². The molecule has 2 rings (SSSR count). The second-order valence-electron chi connectivity index (χ2n) is 5.35. The number of aliphatic imine (C=N–C) groups is 1. The molecule has 1 fully saturated rings. The summed E-state index contributed by atoms with van der Waals surface area (Å²) in [4.78, 5) is 4.62. The maximum Gasteiger partial charge on any atom is 0.191 e. The molecule has 1 aliphatic carbocycles. The number of hydrogen-bond donors (Lipinski definition) is 3. The average molecular weight is 263 g/mol. The van der Waals surface area contributed by atoms with E-state index in [9.17, 15) is 0 Å². The van der Waals surface area contributed by atoms with Gasteiger partial charge in [0.25, 0.3) is 0 Å². The normalized spacial score (nSPS) is 22.4. The van der Waals surface area contributed by atoms with Gasteiger partial charge in [0.2, 0.25) is 0 Å². The van der Waals surface area contributed by atoms with Crippen LogP contribution in [0.15, 0.2) is 11.2 Å². The molecule has 3 N–H and O–H groups in total. The molecule has 1 saturated carbocycles. The molecule has 0 aromatic carbocycles. The van der Waals surface area contributed by atoms with Crippen molar-refractivity contribution in [3.63, 3.8) is 0 Å². The van der Waals surface area contributed by atoms with Crippen LogP contribution in [0.2, 0.25) is 0 Å². The summed E-state index contributed by atoms with van der Waals surface area (Å²) in [5, 5.41) is 13.8. The van der Waals surface area contributed by atoms with Crippen molar-refractivity contribution in [3.8, 4) is 0 Å². The van der Waals surface area contributed by atoms with Crippen molar-refractivity contribution in [1.29, 1.82) is 0 Å². The fraction of sp³-hybridized carbons (Fsp3) is 0.714. The first-order valence-corrected chi connectivity index (χ1v) is 7.24. The highest BCUT2D eigenvalue weighted by molar-refractivity contribution is 5.80. The summed E-state index contributed by atoms with van der Waals surface area (Å²) >= 11 is 0. The van der Waals surface area contributed by atoms with E-state index >= 15 is 0 Å². The monoisotopic (exact) mass is 263 g/mol. The molecular formula is C14H25N5. The average Bonchev–Trinajstić information content (AvgIpc) is 2.91. The van der Waals surface area contributed by atoms with Crippen molar-refractivity contribution >= 4 is 5.96 Å². The van der Waals surface area contributed by atoms with Gasteiger partial charge in [-0.25, -0.2) is 0 Å². The fourth-order valence-electron chi connectivity index (χ4n) is 2.11. The van der Waals surface area contributed by atoms with Crippen molar-refractivity contribution in [3.05, 3.63) is 17.5 Å². The molecule has 1 aromatic rings. The zero-order valence-electron chi connectivity index (χ0n) is 12.2. The van der Waals surface area contributed by atoms with Gasteiger partial charge in [-0.15, -0.1) is 0 Å². The summed E-state index contributed by atoms with van der Waals surface area (Å²) in [5.74, 6) is 1.75. The predicted molar refractivity (Wildman–Crippen MR) is 78.3 cm³/mol. The Morgan fingerprint density at radius 1 is 1.58 bits per heavy atom. The van der Waals surface area contributed by atoms with Gasteiger partial charge in [0.15, 0.2) is 5.96 Å². The van der Waals surface area contributed by atoms with E-state index in [-0.39, 0.29) is 0 Å². The van der Waals surface area contributed by atoms with E-state index in [1.54, 1.807) is 0 Å². The van der Waals surface area contributed by atoms with Crippen LogP contribution in [0.3, 0.4) is 0 Å². The number of nitrogens with zero attached hydrogens (tertiary/aromatic N) is 2. The third-order valence-electron chi connectivity index (χ3n) is 3.58. The number of aromatic amines is 1. The van der Waals surface area contributed by atoms with E-state index in [1.807, 2.05) is 6.20 Å². The standard InChI is InChI=1S/C14H25N5/c1-4-15-14(18-13-8-10(13)2)16-7-5-6-12-9-17-19-11(12)3/h9-10,13H,4-8H2,1-3H3,(H,17,19)(H2,15,16,18). The Morgan fingerprint density at radius 3 is 2.95 bits per heavy atom. The summed E-state index contributed by atoms with van der Waals surface area (Å²) in [6.07, 6.45) is 5.26. The Morgan fingerprint density at radius 2 is 2.37 bits per heavy atom. The van der Waals surface area contributed by atoms with Gasteiger partial charge in [-0.05, 0) is 44.6 Å². The molecule has 19 heavy (non-hydrogen) atoms. The van der Waals surface area contributed by atoms with Gasteiger partial charge in [0, 0.05) is 24.8 Å². The summed E-state index contributed by atoms with van der Waals surface area (Å²) in [6, 6.07) is 0.619. The molecule has 0 saturated heterocycles. The van der Waals surface area contributed by atoms with E-state index in [1.165, 1.54) is 17.7 Å². The molecule has 0 radical (unpaired) electrons. The van der Waals surface area contributed by atoms with Gasteiger partial charge in [-0.3, -0.25) is 10.1 Å². The van der Waals surface area contributed by atoms with Crippen LogP contribution in [0.1, 0.15) is 37.9 Å². The quantitative estimate of drug-likeness (QED) is 0.415. The lowest BCUT2D eigenvalue weighted by Gasteiger charge is -2.10. The largest absolute Gasteiger partial charge is 0.357 e. The molecular weight excluding hydrogens is 238 g/mol. The highest BCUT2D eigenvalue weighted by atomic mass is 15.2. The molecule has 2 unspecified atom stereocenters. The third-order valence-corrected chi connectivity index (χ3v) is 3.58. The van der Waals surface area contributed by atoms with Crippen molar-refractivity contribution in [2.45, 2.75) is 46.1 Å². The third kappa shape index (κ3) is 4.26. The van der Waals surface area contributed by atoms with Gasteiger partial charge in [0.05, 0.1) is 6.20 Å². The molecule has 0 amide bonds. The number of hydrogen-bond acceptors (Lipinski definition) is 2. The number of guanidine groups is 1. The summed E-state index contributed by atoms with van der Waals surface area (Å²) in [5.41, 5.74) is 2.46. The number of aryl methyl sites for hydroxylation is 2. The van der Waals surface area contributed by atoms with Crippen LogP contribution in [-0.4, -0.2) is 35.3 Å². The maximum atomic E-state index is 4.62. The Kier molecular flexibility index (Phi) is 4.82. The molecule has 0 aliphatic heterocycles. The number of H-pyrrole nitrogens is 1. The summed E-state index contributed by atoms with van der Waals surface area (Å²) < 4.78 is 0. The SMILES string of the molecule is CCNC(=NCCCc1cn[nH]c1C)NC1CC1C. The fourth-order valence-corrected chi connectivity index (χ4v) is 2.11.